The van der Waals surface area contributed by atoms with Crippen molar-refractivity contribution in [1.82, 2.24) is 9.97 Å². The fourth-order valence-corrected chi connectivity index (χ4v) is 1.05. The number of ether oxygens (including phenoxy) is 1. The number of aromatic nitrogens is 2. The van der Waals surface area contributed by atoms with Crippen molar-refractivity contribution in [2.75, 3.05) is 11.9 Å². The van der Waals surface area contributed by atoms with Gasteiger partial charge in [-0.2, -0.15) is 0 Å². The molecule has 0 saturated carbocycles. The minimum absolute atomic E-state index is 0.384. The number of nitrogens with one attached hydrogen (secondary N) is 1. The Labute approximate surface area is 91.1 Å². The van der Waals surface area contributed by atoms with Crippen LogP contribution in [0.4, 0.5) is 5.82 Å². The monoisotopic (exact) mass is 209 g/mol. The lowest BCUT2D eigenvalue weighted by Crippen LogP contribution is -2.22. The summed E-state index contributed by atoms with van der Waals surface area (Å²) in [6, 6.07) is 2.21. The molecular formula is C11H19N3O. The van der Waals surface area contributed by atoms with Crippen molar-refractivity contribution in [2.24, 2.45) is 5.92 Å². The van der Waals surface area contributed by atoms with E-state index in [4.69, 9.17) is 4.74 Å². The zero-order valence-electron chi connectivity index (χ0n) is 9.82. The summed E-state index contributed by atoms with van der Waals surface area (Å²) >= 11 is 0. The van der Waals surface area contributed by atoms with Gasteiger partial charge in [0.1, 0.15) is 12.1 Å². The van der Waals surface area contributed by atoms with Gasteiger partial charge in [-0.05, 0) is 19.8 Å². The summed E-state index contributed by atoms with van der Waals surface area (Å²) in [5.41, 5.74) is 0. The Morgan fingerprint density at radius 2 is 2.07 bits per heavy atom. The zero-order chi connectivity index (χ0) is 11.3. The normalized spacial score (nSPS) is 12.6. The van der Waals surface area contributed by atoms with Gasteiger partial charge in [0.2, 0.25) is 5.88 Å². The first kappa shape index (κ1) is 11.8. The van der Waals surface area contributed by atoms with Gasteiger partial charge in [0, 0.05) is 12.1 Å². The highest BCUT2D eigenvalue weighted by atomic mass is 16.5. The first-order valence-electron chi connectivity index (χ1n) is 5.34. The van der Waals surface area contributed by atoms with Crippen molar-refractivity contribution in [2.45, 2.75) is 33.7 Å². The number of anilines is 1. The van der Waals surface area contributed by atoms with Gasteiger partial charge in [-0.15, -0.1) is 0 Å². The Morgan fingerprint density at radius 3 is 2.67 bits per heavy atom. The Bertz CT molecular complexity index is 302. The van der Waals surface area contributed by atoms with E-state index >= 15 is 0 Å². The standard InChI is InChI=1S/C11H19N3O/c1-5-15-11-6-10(12-7-13-11)14-9(4)8(2)3/h6-9H,5H2,1-4H3,(H,12,13,14). The molecule has 1 N–H and O–H groups in total. The lowest BCUT2D eigenvalue weighted by Gasteiger charge is -2.17. The number of hydrogen-bond acceptors (Lipinski definition) is 4. The maximum absolute atomic E-state index is 5.30. The molecule has 4 heteroatoms. The molecule has 0 aliphatic heterocycles. The summed E-state index contributed by atoms with van der Waals surface area (Å²) in [6.07, 6.45) is 1.51. The van der Waals surface area contributed by atoms with Crippen LogP contribution in [0.5, 0.6) is 5.88 Å². The highest BCUT2D eigenvalue weighted by Gasteiger charge is 2.07. The van der Waals surface area contributed by atoms with Gasteiger partial charge in [-0.25, -0.2) is 9.97 Å². The highest BCUT2D eigenvalue weighted by Crippen LogP contribution is 2.14. The van der Waals surface area contributed by atoms with Crippen LogP contribution in [0.25, 0.3) is 0 Å². The molecular weight excluding hydrogens is 190 g/mol. The molecule has 0 aromatic carbocycles. The summed E-state index contributed by atoms with van der Waals surface area (Å²) in [5, 5.41) is 3.31. The van der Waals surface area contributed by atoms with Gasteiger partial charge in [0.05, 0.1) is 6.61 Å². The molecule has 1 rings (SSSR count). The van der Waals surface area contributed by atoms with E-state index < -0.39 is 0 Å². The van der Waals surface area contributed by atoms with Crippen molar-refractivity contribution in [3.05, 3.63) is 12.4 Å². The van der Waals surface area contributed by atoms with Gasteiger partial charge in [0.15, 0.2) is 0 Å². The molecule has 0 bridgehead atoms. The lowest BCUT2D eigenvalue weighted by molar-refractivity contribution is 0.326. The van der Waals surface area contributed by atoms with E-state index in [-0.39, 0.29) is 0 Å². The molecule has 0 fully saturated rings. The SMILES string of the molecule is CCOc1cc(NC(C)C(C)C)ncn1. The molecule has 84 valence electrons. The third-order valence-electron chi connectivity index (χ3n) is 2.31. The van der Waals surface area contributed by atoms with Crippen LogP contribution in [0.2, 0.25) is 0 Å². The largest absolute Gasteiger partial charge is 0.478 e. The highest BCUT2D eigenvalue weighted by molar-refractivity contribution is 5.37. The Kier molecular flexibility index (Phi) is 4.34. The van der Waals surface area contributed by atoms with Crippen LogP contribution in [0.1, 0.15) is 27.7 Å². The van der Waals surface area contributed by atoms with Gasteiger partial charge >= 0.3 is 0 Å². The molecule has 1 unspecified atom stereocenters. The summed E-state index contributed by atoms with van der Waals surface area (Å²) in [5.74, 6) is 2.00. The summed E-state index contributed by atoms with van der Waals surface area (Å²) in [6.45, 7) is 9.03. The quantitative estimate of drug-likeness (QED) is 0.808. The summed E-state index contributed by atoms with van der Waals surface area (Å²) < 4.78 is 5.30. The zero-order valence-corrected chi connectivity index (χ0v) is 9.82. The third-order valence-corrected chi connectivity index (χ3v) is 2.31. The molecule has 0 spiro atoms. The maximum Gasteiger partial charge on any atom is 0.218 e. The van der Waals surface area contributed by atoms with Gasteiger partial charge in [0.25, 0.3) is 0 Å². The topological polar surface area (TPSA) is 47.0 Å². The second-order valence-electron chi connectivity index (χ2n) is 3.85. The average molecular weight is 209 g/mol. The van der Waals surface area contributed by atoms with Crippen molar-refractivity contribution in [3.8, 4) is 5.88 Å². The fourth-order valence-electron chi connectivity index (χ4n) is 1.05. The van der Waals surface area contributed by atoms with Gasteiger partial charge in [-0.1, -0.05) is 13.8 Å². The first-order valence-corrected chi connectivity index (χ1v) is 5.34. The second kappa shape index (κ2) is 5.53. The Balaban J connectivity index is 2.64. The van der Waals surface area contributed by atoms with E-state index in [9.17, 15) is 0 Å². The molecule has 1 aromatic heterocycles. The molecule has 4 nitrogen and oxygen atoms in total. The predicted molar refractivity (Wildman–Crippen MR) is 61.1 cm³/mol. The van der Waals surface area contributed by atoms with E-state index in [2.05, 4.69) is 36.1 Å². The van der Waals surface area contributed by atoms with Gasteiger partial charge in [-0.3, -0.25) is 0 Å². The van der Waals surface area contributed by atoms with Gasteiger partial charge < -0.3 is 10.1 Å². The predicted octanol–water partition coefficient (Wildman–Crippen LogP) is 2.33. The van der Waals surface area contributed by atoms with Crippen LogP contribution in [0.3, 0.4) is 0 Å². The minimum Gasteiger partial charge on any atom is -0.478 e. The van der Waals surface area contributed by atoms with Crippen molar-refractivity contribution >= 4 is 5.82 Å². The van der Waals surface area contributed by atoms with E-state index in [1.54, 1.807) is 0 Å². The van der Waals surface area contributed by atoms with Crippen molar-refractivity contribution in [1.29, 1.82) is 0 Å². The molecule has 1 heterocycles. The van der Waals surface area contributed by atoms with E-state index in [1.807, 2.05) is 13.0 Å². The first-order chi connectivity index (χ1) is 7.13. The molecule has 0 aliphatic carbocycles. The second-order valence-corrected chi connectivity index (χ2v) is 3.85. The van der Waals surface area contributed by atoms with E-state index in [1.165, 1.54) is 6.33 Å². The summed E-state index contributed by atoms with van der Waals surface area (Å²) in [7, 11) is 0. The molecule has 1 atom stereocenters. The van der Waals surface area contributed by atoms with Crippen LogP contribution in [-0.4, -0.2) is 22.6 Å². The average Bonchev–Trinajstić information content (AvgIpc) is 2.18. The number of hydrogen-bond donors (Lipinski definition) is 1. The molecule has 0 aliphatic rings. The number of rotatable bonds is 5. The molecule has 0 saturated heterocycles. The Morgan fingerprint density at radius 1 is 1.33 bits per heavy atom. The van der Waals surface area contributed by atoms with E-state index in [0.29, 0.717) is 24.4 Å². The lowest BCUT2D eigenvalue weighted by atomic mass is 10.1. The van der Waals surface area contributed by atoms with Crippen molar-refractivity contribution < 1.29 is 4.74 Å². The Hall–Kier alpha value is -1.32. The van der Waals surface area contributed by atoms with Crippen LogP contribution >= 0.6 is 0 Å². The van der Waals surface area contributed by atoms with Crippen LogP contribution in [0, 0.1) is 5.92 Å². The van der Waals surface area contributed by atoms with Crippen LogP contribution in [-0.2, 0) is 0 Å². The van der Waals surface area contributed by atoms with Crippen molar-refractivity contribution in [3.63, 3.8) is 0 Å². The van der Waals surface area contributed by atoms with Crippen LogP contribution < -0.4 is 10.1 Å². The summed E-state index contributed by atoms with van der Waals surface area (Å²) in [4.78, 5) is 8.15. The molecule has 0 amide bonds. The molecule has 0 radical (unpaired) electrons. The minimum atomic E-state index is 0.384. The molecule has 15 heavy (non-hydrogen) atoms. The van der Waals surface area contributed by atoms with E-state index in [0.717, 1.165) is 5.82 Å². The smallest absolute Gasteiger partial charge is 0.218 e. The van der Waals surface area contributed by atoms with Crippen LogP contribution in [0.15, 0.2) is 12.4 Å². The number of nitrogens with zero attached hydrogens (tertiary/aromatic N) is 2. The maximum atomic E-state index is 5.30. The fraction of sp³-hybridized carbons (Fsp3) is 0.636. The molecule has 1 aromatic rings. The third kappa shape index (κ3) is 3.73.